The zero-order valence-corrected chi connectivity index (χ0v) is 24.0. The van der Waals surface area contributed by atoms with Gasteiger partial charge in [0, 0.05) is 0 Å². The van der Waals surface area contributed by atoms with Gasteiger partial charge in [-0.1, -0.05) is 123 Å². The van der Waals surface area contributed by atoms with Gasteiger partial charge in [0.25, 0.3) is 0 Å². The minimum absolute atomic E-state index is 1.33. The lowest BCUT2D eigenvalue weighted by molar-refractivity contribution is 1.23. The summed E-state index contributed by atoms with van der Waals surface area (Å²) in [5.74, 6) is 0. The molecular formula is C35H46. The fourth-order valence-electron chi connectivity index (χ4n) is 3.73. The van der Waals surface area contributed by atoms with Crippen molar-refractivity contribution in [3.63, 3.8) is 0 Å². The third-order valence-corrected chi connectivity index (χ3v) is 5.87. The molecule has 0 amide bonds. The van der Waals surface area contributed by atoms with Crippen LogP contribution in [-0.2, 0) is 0 Å². The molecule has 0 saturated heterocycles. The van der Waals surface area contributed by atoms with Gasteiger partial charge in [0.2, 0.25) is 0 Å². The van der Waals surface area contributed by atoms with Gasteiger partial charge in [-0.15, -0.1) is 0 Å². The summed E-state index contributed by atoms with van der Waals surface area (Å²) in [6.07, 6.45) is 0. The number of hydrogen-bond donors (Lipinski definition) is 0. The van der Waals surface area contributed by atoms with E-state index in [0.29, 0.717) is 0 Å². The van der Waals surface area contributed by atoms with E-state index in [9.17, 15) is 0 Å². The molecule has 0 aliphatic carbocycles. The molecule has 0 heteroatoms. The maximum Gasteiger partial charge on any atom is -0.0392 e. The summed E-state index contributed by atoms with van der Waals surface area (Å²) in [6.45, 7) is 23.4. The van der Waals surface area contributed by atoms with Gasteiger partial charge in [0.05, 0.1) is 0 Å². The van der Waals surface area contributed by atoms with Crippen LogP contribution in [0.25, 0.3) is 0 Å². The third-order valence-electron chi connectivity index (χ3n) is 5.87. The average Bonchev–Trinajstić information content (AvgIpc) is 2.76. The molecule has 4 aromatic carbocycles. The molecule has 4 aromatic rings. The number of aryl methyl sites for hydroxylation is 10. The number of hydrogen-bond acceptors (Lipinski definition) is 0. The zero-order valence-electron chi connectivity index (χ0n) is 24.0. The van der Waals surface area contributed by atoms with Gasteiger partial charge in [0.15, 0.2) is 0 Å². The Morgan fingerprint density at radius 1 is 0.257 bits per heavy atom. The van der Waals surface area contributed by atoms with Crippen molar-refractivity contribution in [2.75, 3.05) is 0 Å². The van der Waals surface area contributed by atoms with Crippen LogP contribution >= 0.6 is 0 Å². The van der Waals surface area contributed by atoms with Gasteiger partial charge >= 0.3 is 0 Å². The van der Waals surface area contributed by atoms with E-state index in [-0.39, 0.29) is 0 Å². The minimum atomic E-state index is 1.33. The predicted octanol–water partition coefficient (Wildman–Crippen LogP) is 10.1. The Labute approximate surface area is 216 Å². The van der Waals surface area contributed by atoms with E-state index < -0.39 is 0 Å². The van der Waals surface area contributed by atoms with Crippen molar-refractivity contribution >= 4 is 0 Å². The van der Waals surface area contributed by atoms with Gasteiger partial charge in [-0.3, -0.25) is 0 Å². The lowest BCUT2D eigenvalue weighted by atomic mass is 10.0. The largest absolute Gasteiger partial charge is 0.0591 e. The van der Waals surface area contributed by atoms with Crippen molar-refractivity contribution in [2.24, 2.45) is 0 Å². The Bertz CT molecular complexity index is 1000. The fraction of sp³-hybridized carbons (Fsp3) is 0.314. The number of rotatable bonds is 0. The van der Waals surface area contributed by atoms with Crippen molar-refractivity contribution in [1.82, 2.24) is 0 Å². The molecule has 0 radical (unpaired) electrons. The van der Waals surface area contributed by atoms with Gasteiger partial charge < -0.3 is 0 Å². The summed E-state index contributed by atoms with van der Waals surface area (Å²) in [4.78, 5) is 0. The lowest BCUT2D eigenvalue weighted by Gasteiger charge is -2.04. The highest BCUT2D eigenvalue weighted by Crippen LogP contribution is 2.14. The van der Waals surface area contributed by atoms with Crippen LogP contribution in [0.2, 0.25) is 0 Å². The minimum Gasteiger partial charge on any atom is -0.0591 e. The number of benzene rings is 4. The van der Waals surface area contributed by atoms with Crippen molar-refractivity contribution < 1.29 is 0 Å². The van der Waals surface area contributed by atoms with Crippen LogP contribution in [-0.4, -0.2) is 0 Å². The highest BCUT2D eigenvalue weighted by Gasteiger charge is 1.96. The molecule has 0 aliphatic rings. The molecule has 0 spiro atoms. The van der Waals surface area contributed by atoms with Crippen LogP contribution in [0.15, 0.2) is 78.9 Å². The highest BCUT2D eigenvalue weighted by molar-refractivity contribution is 5.36. The van der Waals surface area contributed by atoms with E-state index in [4.69, 9.17) is 0 Å². The summed E-state index contributed by atoms with van der Waals surface area (Å²) >= 11 is 0. The standard InChI is InChI=1S/C10H14.C9H12.2C8H10/c1-7-5-8(2)10(4)9(3)6-7;1-7-4-8(2)6-9(3)5-7;2*1-7-3-5-8(2)6-4-7/h5-6H,1-4H3;4-6H,1-3H3;2*3-6H,1-2H3. The van der Waals surface area contributed by atoms with Crippen LogP contribution in [0, 0.1) is 76.2 Å². The van der Waals surface area contributed by atoms with E-state index in [1.165, 1.54) is 61.2 Å². The molecule has 0 bridgehead atoms. The Morgan fingerprint density at radius 2 is 0.457 bits per heavy atom. The fourth-order valence-corrected chi connectivity index (χ4v) is 3.73. The normalized spacial score (nSPS) is 9.57. The molecule has 186 valence electrons. The highest BCUT2D eigenvalue weighted by atomic mass is 14.0. The van der Waals surface area contributed by atoms with Crippen LogP contribution in [0.4, 0.5) is 0 Å². The van der Waals surface area contributed by atoms with Crippen LogP contribution in [0.1, 0.15) is 61.2 Å². The Hall–Kier alpha value is -3.12. The van der Waals surface area contributed by atoms with Gasteiger partial charge in [-0.25, -0.2) is 0 Å². The SMILES string of the molecule is Cc1cc(C)c(C)c(C)c1.Cc1cc(C)cc(C)c1.Cc1ccc(C)cc1.Cc1ccc(C)cc1. The van der Waals surface area contributed by atoms with Crippen molar-refractivity contribution in [2.45, 2.75) is 76.2 Å². The Balaban J connectivity index is 0.000000234. The smallest absolute Gasteiger partial charge is 0.0392 e. The van der Waals surface area contributed by atoms with Crippen LogP contribution < -0.4 is 0 Å². The Morgan fingerprint density at radius 3 is 0.686 bits per heavy atom. The second-order valence-corrected chi connectivity index (χ2v) is 10.00. The molecule has 0 fully saturated rings. The first-order valence-electron chi connectivity index (χ1n) is 12.5. The maximum atomic E-state index is 2.22. The Kier molecular flexibility index (Phi) is 12.8. The first-order valence-corrected chi connectivity index (χ1v) is 12.5. The van der Waals surface area contributed by atoms with Crippen molar-refractivity contribution in [3.8, 4) is 0 Å². The van der Waals surface area contributed by atoms with Crippen molar-refractivity contribution in [1.29, 1.82) is 0 Å². The first kappa shape index (κ1) is 29.9. The van der Waals surface area contributed by atoms with E-state index >= 15 is 0 Å². The van der Waals surface area contributed by atoms with Gasteiger partial charge in [-0.2, -0.15) is 0 Å². The lowest BCUT2D eigenvalue weighted by Crippen LogP contribution is -1.86. The van der Waals surface area contributed by atoms with Crippen LogP contribution in [0.3, 0.4) is 0 Å². The molecule has 0 N–H and O–H groups in total. The van der Waals surface area contributed by atoms with E-state index in [2.05, 4.69) is 155 Å². The predicted molar refractivity (Wildman–Crippen MR) is 158 cm³/mol. The summed E-state index contributed by atoms with van der Waals surface area (Å²) in [7, 11) is 0. The van der Waals surface area contributed by atoms with Gasteiger partial charge in [0.1, 0.15) is 0 Å². The molecular weight excluding hydrogens is 420 g/mol. The third kappa shape index (κ3) is 12.8. The van der Waals surface area contributed by atoms with E-state index in [1.807, 2.05) is 0 Å². The first-order chi connectivity index (χ1) is 16.4. The van der Waals surface area contributed by atoms with Crippen molar-refractivity contribution in [3.05, 3.63) is 140 Å². The molecule has 0 heterocycles. The molecule has 0 aliphatic heterocycles. The quantitative estimate of drug-likeness (QED) is 0.242. The molecule has 35 heavy (non-hydrogen) atoms. The summed E-state index contributed by atoms with van der Waals surface area (Å²) < 4.78 is 0. The maximum absolute atomic E-state index is 2.22. The van der Waals surface area contributed by atoms with Crippen LogP contribution in [0.5, 0.6) is 0 Å². The average molecular weight is 467 g/mol. The summed E-state index contributed by atoms with van der Waals surface area (Å²) in [5.41, 5.74) is 15.0. The molecule has 0 saturated carbocycles. The van der Waals surface area contributed by atoms with E-state index in [0.717, 1.165) is 0 Å². The summed E-state index contributed by atoms with van der Waals surface area (Å²) in [5, 5.41) is 0. The monoisotopic (exact) mass is 466 g/mol. The van der Waals surface area contributed by atoms with Gasteiger partial charge in [-0.05, 0) is 92.9 Å². The molecule has 0 unspecified atom stereocenters. The second-order valence-electron chi connectivity index (χ2n) is 10.00. The second kappa shape index (κ2) is 15.0. The molecule has 0 nitrogen and oxygen atoms in total. The topological polar surface area (TPSA) is 0 Å². The molecule has 4 rings (SSSR count). The van der Waals surface area contributed by atoms with E-state index in [1.54, 1.807) is 0 Å². The zero-order chi connectivity index (χ0) is 26.5. The molecule has 0 aromatic heterocycles. The molecule has 0 atom stereocenters. The summed E-state index contributed by atoms with van der Waals surface area (Å²) in [6, 6.07) is 28.0.